The van der Waals surface area contributed by atoms with Gasteiger partial charge in [0.15, 0.2) is 0 Å². The predicted molar refractivity (Wildman–Crippen MR) is 64.2 cm³/mol. The van der Waals surface area contributed by atoms with Gasteiger partial charge in [-0.2, -0.15) is 0 Å². The van der Waals surface area contributed by atoms with Crippen molar-refractivity contribution in [3.05, 3.63) is 0 Å². The maximum absolute atomic E-state index is 2.65. The van der Waals surface area contributed by atoms with E-state index in [0.717, 1.165) is 5.92 Å². The van der Waals surface area contributed by atoms with E-state index in [2.05, 4.69) is 28.7 Å². The first-order chi connectivity index (χ1) is 7.28. The van der Waals surface area contributed by atoms with E-state index >= 15 is 0 Å². The molecule has 3 nitrogen and oxygen atoms in total. The molecular formula is C12H25N3. The molecule has 2 heterocycles. The number of piperazine rings is 1. The van der Waals surface area contributed by atoms with Gasteiger partial charge in [-0.3, -0.25) is 0 Å². The quantitative estimate of drug-likeness (QED) is 0.673. The molecule has 2 saturated heterocycles. The summed E-state index contributed by atoms with van der Waals surface area (Å²) >= 11 is 0. The average molecular weight is 211 g/mol. The van der Waals surface area contributed by atoms with Crippen LogP contribution in [0.5, 0.6) is 0 Å². The highest BCUT2D eigenvalue weighted by Gasteiger charge is 2.28. The van der Waals surface area contributed by atoms with Gasteiger partial charge >= 0.3 is 0 Å². The van der Waals surface area contributed by atoms with Gasteiger partial charge in [0.25, 0.3) is 0 Å². The Bertz CT molecular complexity index is 181. The Labute approximate surface area is 94.0 Å². The molecule has 2 fully saturated rings. The Morgan fingerprint density at radius 2 is 1.67 bits per heavy atom. The molecule has 88 valence electrons. The third-order valence-corrected chi connectivity index (χ3v) is 3.68. The molecule has 0 bridgehead atoms. The molecule has 2 rings (SSSR count). The van der Waals surface area contributed by atoms with Crippen LogP contribution in [-0.2, 0) is 0 Å². The Hall–Kier alpha value is -0.120. The van der Waals surface area contributed by atoms with Crippen molar-refractivity contribution in [1.29, 1.82) is 0 Å². The Balaban J connectivity index is 1.59. The first kappa shape index (κ1) is 11.4. The first-order valence-electron chi connectivity index (χ1n) is 6.41. The second-order valence-corrected chi connectivity index (χ2v) is 5.23. The van der Waals surface area contributed by atoms with E-state index in [0.29, 0.717) is 0 Å². The molecule has 0 aromatic rings. The minimum Gasteiger partial charge on any atom is -0.304 e. The van der Waals surface area contributed by atoms with Gasteiger partial charge in [0.05, 0.1) is 0 Å². The van der Waals surface area contributed by atoms with Gasteiger partial charge in [-0.05, 0) is 25.9 Å². The maximum atomic E-state index is 2.65. The fourth-order valence-electron chi connectivity index (χ4n) is 2.69. The van der Waals surface area contributed by atoms with Crippen molar-refractivity contribution in [1.82, 2.24) is 14.7 Å². The Kier molecular flexibility index (Phi) is 4.00. The van der Waals surface area contributed by atoms with Crippen molar-refractivity contribution in [2.75, 3.05) is 59.4 Å². The highest BCUT2D eigenvalue weighted by atomic mass is 15.3. The number of hydrogen-bond donors (Lipinski definition) is 0. The van der Waals surface area contributed by atoms with Gasteiger partial charge < -0.3 is 14.7 Å². The molecule has 15 heavy (non-hydrogen) atoms. The van der Waals surface area contributed by atoms with E-state index in [1.807, 2.05) is 0 Å². The fraction of sp³-hybridized carbons (Fsp3) is 1.00. The molecule has 0 N–H and O–H groups in total. The summed E-state index contributed by atoms with van der Waals surface area (Å²) in [6, 6.07) is 0. The van der Waals surface area contributed by atoms with Gasteiger partial charge in [0.1, 0.15) is 0 Å². The summed E-state index contributed by atoms with van der Waals surface area (Å²) in [5.74, 6) is 0.958. The molecule has 0 saturated carbocycles. The zero-order chi connectivity index (χ0) is 10.7. The summed E-state index contributed by atoms with van der Waals surface area (Å²) < 4.78 is 0. The minimum atomic E-state index is 0.958. The van der Waals surface area contributed by atoms with E-state index < -0.39 is 0 Å². The van der Waals surface area contributed by atoms with Crippen LogP contribution in [0.3, 0.4) is 0 Å². The molecule has 0 aromatic heterocycles. The summed E-state index contributed by atoms with van der Waals surface area (Å²) in [7, 11) is 2.23. The molecule has 0 aromatic carbocycles. The fourth-order valence-corrected chi connectivity index (χ4v) is 2.69. The van der Waals surface area contributed by atoms with Crippen LogP contribution >= 0.6 is 0 Å². The summed E-state index contributed by atoms with van der Waals surface area (Å²) in [6.07, 6.45) is 1.31. The number of likely N-dealkylation sites (N-methyl/N-ethyl adjacent to an activating group) is 1. The van der Waals surface area contributed by atoms with Gasteiger partial charge in [0.2, 0.25) is 0 Å². The Morgan fingerprint density at radius 3 is 2.27 bits per heavy atom. The molecule has 0 aliphatic carbocycles. The van der Waals surface area contributed by atoms with Crippen molar-refractivity contribution in [2.24, 2.45) is 5.92 Å². The minimum absolute atomic E-state index is 0.958. The summed E-state index contributed by atoms with van der Waals surface area (Å²) in [5.41, 5.74) is 0. The van der Waals surface area contributed by atoms with Crippen LogP contribution in [0.2, 0.25) is 0 Å². The van der Waals surface area contributed by atoms with Gasteiger partial charge in [-0.25, -0.2) is 0 Å². The van der Waals surface area contributed by atoms with Crippen molar-refractivity contribution in [3.63, 3.8) is 0 Å². The number of hydrogen-bond acceptors (Lipinski definition) is 3. The van der Waals surface area contributed by atoms with Crippen molar-refractivity contribution >= 4 is 0 Å². The van der Waals surface area contributed by atoms with Crippen LogP contribution in [0.1, 0.15) is 13.3 Å². The highest BCUT2D eigenvalue weighted by Crippen LogP contribution is 2.17. The van der Waals surface area contributed by atoms with Crippen LogP contribution in [0.15, 0.2) is 0 Å². The van der Waals surface area contributed by atoms with Crippen LogP contribution in [0.25, 0.3) is 0 Å². The standard InChI is InChI=1S/C12H25N3/c1-3-4-15-10-12(11-15)9-14-7-5-13(2)6-8-14/h12H,3-11H2,1-2H3. The molecule has 3 heteroatoms. The lowest BCUT2D eigenvalue weighted by Gasteiger charge is -2.43. The van der Waals surface area contributed by atoms with Gasteiger partial charge in [-0.1, -0.05) is 6.92 Å². The number of nitrogens with zero attached hydrogens (tertiary/aromatic N) is 3. The largest absolute Gasteiger partial charge is 0.304 e. The third-order valence-electron chi connectivity index (χ3n) is 3.68. The van der Waals surface area contributed by atoms with Crippen molar-refractivity contribution in [2.45, 2.75) is 13.3 Å². The third kappa shape index (κ3) is 3.16. The molecule has 0 atom stereocenters. The topological polar surface area (TPSA) is 9.72 Å². The van der Waals surface area contributed by atoms with E-state index in [1.54, 1.807) is 0 Å². The average Bonchev–Trinajstić information content (AvgIpc) is 2.18. The zero-order valence-corrected chi connectivity index (χ0v) is 10.3. The summed E-state index contributed by atoms with van der Waals surface area (Å²) in [4.78, 5) is 7.66. The van der Waals surface area contributed by atoms with E-state index in [4.69, 9.17) is 0 Å². The zero-order valence-electron chi connectivity index (χ0n) is 10.3. The molecule has 0 unspecified atom stereocenters. The molecule has 0 amide bonds. The molecule has 2 aliphatic heterocycles. The van der Waals surface area contributed by atoms with E-state index in [9.17, 15) is 0 Å². The maximum Gasteiger partial charge on any atom is 0.0110 e. The highest BCUT2D eigenvalue weighted by molar-refractivity contribution is 4.83. The first-order valence-corrected chi connectivity index (χ1v) is 6.41. The molecule has 2 aliphatic rings. The van der Waals surface area contributed by atoms with Crippen LogP contribution in [0.4, 0.5) is 0 Å². The Morgan fingerprint density at radius 1 is 1.00 bits per heavy atom. The second kappa shape index (κ2) is 5.28. The molecular weight excluding hydrogens is 186 g/mol. The lowest BCUT2D eigenvalue weighted by molar-refractivity contribution is 0.0512. The molecule has 0 spiro atoms. The van der Waals surface area contributed by atoms with Gasteiger partial charge in [-0.15, -0.1) is 0 Å². The number of rotatable bonds is 4. The van der Waals surface area contributed by atoms with Crippen LogP contribution < -0.4 is 0 Å². The number of likely N-dealkylation sites (tertiary alicyclic amines) is 1. The smallest absolute Gasteiger partial charge is 0.0110 e. The lowest BCUT2D eigenvalue weighted by Crippen LogP contribution is -2.54. The SMILES string of the molecule is CCCN1CC(CN2CCN(C)CC2)C1. The lowest BCUT2D eigenvalue weighted by atomic mass is 9.99. The predicted octanol–water partition coefficient (Wildman–Crippen LogP) is 0.576. The monoisotopic (exact) mass is 211 g/mol. The summed E-state index contributed by atoms with van der Waals surface area (Å²) in [5, 5.41) is 0. The van der Waals surface area contributed by atoms with E-state index in [-0.39, 0.29) is 0 Å². The van der Waals surface area contributed by atoms with Crippen molar-refractivity contribution in [3.8, 4) is 0 Å². The van der Waals surface area contributed by atoms with Gasteiger partial charge in [0, 0.05) is 45.8 Å². The van der Waals surface area contributed by atoms with E-state index in [1.165, 1.54) is 58.8 Å². The van der Waals surface area contributed by atoms with Crippen LogP contribution in [-0.4, -0.2) is 74.1 Å². The summed E-state index contributed by atoms with van der Waals surface area (Å²) in [6.45, 7) is 12.7. The normalized spacial score (nSPS) is 26.8. The second-order valence-electron chi connectivity index (χ2n) is 5.23. The van der Waals surface area contributed by atoms with Crippen molar-refractivity contribution < 1.29 is 0 Å². The molecule has 0 radical (unpaired) electrons. The van der Waals surface area contributed by atoms with Crippen LogP contribution in [0, 0.1) is 5.92 Å².